The molecule has 0 radical (unpaired) electrons. The summed E-state index contributed by atoms with van der Waals surface area (Å²) in [7, 11) is 4.38. The van der Waals surface area contributed by atoms with Crippen LogP contribution in [0.15, 0.2) is 24.5 Å². The van der Waals surface area contributed by atoms with E-state index in [0.717, 1.165) is 0 Å². The summed E-state index contributed by atoms with van der Waals surface area (Å²) < 4.78 is 0. The van der Waals surface area contributed by atoms with Crippen molar-refractivity contribution in [2.45, 2.75) is 18.9 Å². The second-order valence-electron chi connectivity index (χ2n) is 4.35. The Morgan fingerprint density at radius 2 is 1.87 bits per heavy atom. The van der Waals surface area contributed by atoms with Gasteiger partial charge in [-0.2, -0.15) is 0 Å². The van der Waals surface area contributed by atoms with Crippen LogP contribution in [0.3, 0.4) is 0 Å². The van der Waals surface area contributed by atoms with Crippen LogP contribution < -0.4 is 4.90 Å². The molecule has 0 bridgehead atoms. The third-order valence-corrected chi connectivity index (χ3v) is 3.31. The van der Waals surface area contributed by atoms with Crippen molar-refractivity contribution >= 4 is 5.69 Å². The molecule has 3 nitrogen and oxygen atoms in total. The summed E-state index contributed by atoms with van der Waals surface area (Å²) in [6, 6.07) is 4.85. The largest absolute Gasteiger partial charge is 0.371 e. The topological polar surface area (TPSA) is 19.4 Å². The zero-order chi connectivity index (χ0) is 10.7. The number of likely N-dealkylation sites (tertiary alicyclic amines) is 1. The van der Waals surface area contributed by atoms with Crippen molar-refractivity contribution in [1.82, 2.24) is 9.88 Å². The number of hydrogen-bond donors (Lipinski definition) is 0. The van der Waals surface area contributed by atoms with Gasteiger partial charge in [0.05, 0.1) is 0 Å². The van der Waals surface area contributed by atoms with Crippen molar-refractivity contribution in [2.75, 3.05) is 32.1 Å². The molecule has 2 rings (SSSR count). The normalized spacial score (nSPS) is 19.1. The Morgan fingerprint density at radius 1 is 1.27 bits per heavy atom. The van der Waals surface area contributed by atoms with Crippen LogP contribution in [-0.2, 0) is 0 Å². The summed E-state index contributed by atoms with van der Waals surface area (Å²) in [5.74, 6) is 0. The summed E-state index contributed by atoms with van der Waals surface area (Å²) in [6.45, 7) is 2.42. The molecule has 1 aromatic heterocycles. The second kappa shape index (κ2) is 4.62. The van der Waals surface area contributed by atoms with Crippen LogP contribution >= 0.6 is 0 Å². The predicted octanol–water partition coefficient (Wildman–Crippen LogP) is 1.61. The fourth-order valence-corrected chi connectivity index (χ4v) is 2.17. The van der Waals surface area contributed by atoms with Gasteiger partial charge in [-0.25, -0.2) is 0 Å². The predicted molar refractivity (Wildman–Crippen MR) is 63.2 cm³/mol. The number of pyridine rings is 1. The van der Waals surface area contributed by atoms with Crippen LogP contribution in [0.1, 0.15) is 12.8 Å². The molecule has 0 aliphatic carbocycles. The molecule has 2 heterocycles. The van der Waals surface area contributed by atoms with Gasteiger partial charge in [0.1, 0.15) is 0 Å². The van der Waals surface area contributed by atoms with E-state index in [0.29, 0.717) is 6.04 Å². The molecule has 1 saturated heterocycles. The van der Waals surface area contributed by atoms with Gasteiger partial charge in [0.2, 0.25) is 0 Å². The van der Waals surface area contributed by atoms with Crippen LogP contribution in [0.2, 0.25) is 0 Å². The Morgan fingerprint density at radius 3 is 2.47 bits per heavy atom. The molecule has 0 spiro atoms. The molecule has 0 aromatic carbocycles. The van der Waals surface area contributed by atoms with Crippen molar-refractivity contribution in [1.29, 1.82) is 0 Å². The van der Waals surface area contributed by atoms with Gasteiger partial charge in [-0.3, -0.25) is 4.98 Å². The first-order valence-corrected chi connectivity index (χ1v) is 5.59. The van der Waals surface area contributed by atoms with E-state index in [1.807, 2.05) is 12.4 Å². The van der Waals surface area contributed by atoms with Crippen molar-refractivity contribution in [3.63, 3.8) is 0 Å². The summed E-state index contributed by atoms with van der Waals surface area (Å²) in [5.41, 5.74) is 1.28. The van der Waals surface area contributed by atoms with Crippen molar-refractivity contribution in [3.05, 3.63) is 24.5 Å². The van der Waals surface area contributed by atoms with Gasteiger partial charge >= 0.3 is 0 Å². The van der Waals surface area contributed by atoms with E-state index in [1.165, 1.54) is 31.6 Å². The van der Waals surface area contributed by atoms with Gasteiger partial charge in [-0.05, 0) is 45.1 Å². The number of aromatic nitrogens is 1. The van der Waals surface area contributed by atoms with Gasteiger partial charge in [0.15, 0.2) is 0 Å². The third kappa shape index (κ3) is 2.48. The number of nitrogens with zero attached hydrogens (tertiary/aromatic N) is 3. The highest BCUT2D eigenvalue weighted by Gasteiger charge is 2.20. The molecule has 15 heavy (non-hydrogen) atoms. The van der Waals surface area contributed by atoms with Gasteiger partial charge in [-0.15, -0.1) is 0 Å². The average molecular weight is 205 g/mol. The van der Waals surface area contributed by atoms with E-state index in [2.05, 4.69) is 41.0 Å². The van der Waals surface area contributed by atoms with Crippen LogP contribution in [0, 0.1) is 0 Å². The van der Waals surface area contributed by atoms with Crippen LogP contribution in [-0.4, -0.2) is 43.1 Å². The fourth-order valence-electron chi connectivity index (χ4n) is 2.17. The Balaban J connectivity index is 1.99. The molecule has 82 valence electrons. The first-order valence-electron chi connectivity index (χ1n) is 5.59. The van der Waals surface area contributed by atoms with Crippen LogP contribution in [0.25, 0.3) is 0 Å². The first-order chi connectivity index (χ1) is 7.27. The molecule has 1 fully saturated rings. The molecule has 0 N–H and O–H groups in total. The average Bonchev–Trinajstić information content (AvgIpc) is 2.30. The Bertz CT molecular complexity index is 291. The number of rotatable bonds is 2. The van der Waals surface area contributed by atoms with Crippen molar-refractivity contribution in [3.8, 4) is 0 Å². The smallest absolute Gasteiger partial charge is 0.0396 e. The van der Waals surface area contributed by atoms with E-state index in [4.69, 9.17) is 0 Å². The minimum Gasteiger partial charge on any atom is -0.371 e. The lowest BCUT2D eigenvalue weighted by molar-refractivity contribution is 0.253. The third-order valence-electron chi connectivity index (χ3n) is 3.31. The molecular weight excluding hydrogens is 186 g/mol. The van der Waals surface area contributed by atoms with Crippen molar-refractivity contribution in [2.24, 2.45) is 0 Å². The van der Waals surface area contributed by atoms with Gasteiger partial charge in [-0.1, -0.05) is 0 Å². The van der Waals surface area contributed by atoms with Crippen LogP contribution in [0.4, 0.5) is 5.69 Å². The highest BCUT2D eigenvalue weighted by molar-refractivity contribution is 5.44. The van der Waals surface area contributed by atoms with E-state index < -0.39 is 0 Å². The summed E-state index contributed by atoms with van der Waals surface area (Å²) in [4.78, 5) is 8.83. The van der Waals surface area contributed by atoms with Gasteiger partial charge in [0, 0.05) is 31.2 Å². The van der Waals surface area contributed by atoms with E-state index in [-0.39, 0.29) is 0 Å². The molecule has 1 aliphatic heterocycles. The number of hydrogen-bond acceptors (Lipinski definition) is 3. The highest BCUT2D eigenvalue weighted by Crippen LogP contribution is 2.20. The molecule has 0 saturated carbocycles. The van der Waals surface area contributed by atoms with Gasteiger partial charge in [0.25, 0.3) is 0 Å². The molecule has 0 unspecified atom stereocenters. The number of anilines is 1. The monoisotopic (exact) mass is 205 g/mol. The van der Waals surface area contributed by atoms with E-state index in [9.17, 15) is 0 Å². The first kappa shape index (κ1) is 10.4. The fraction of sp³-hybridized carbons (Fsp3) is 0.583. The highest BCUT2D eigenvalue weighted by atomic mass is 15.2. The molecular formula is C12H19N3. The van der Waals surface area contributed by atoms with E-state index >= 15 is 0 Å². The molecule has 1 aliphatic rings. The quantitative estimate of drug-likeness (QED) is 0.731. The molecule has 0 atom stereocenters. The summed E-state index contributed by atoms with van der Waals surface area (Å²) >= 11 is 0. The second-order valence-corrected chi connectivity index (χ2v) is 4.35. The maximum absolute atomic E-state index is 4.05. The minimum atomic E-state index is 0.684. The zero-order valence-corrected chi connectivity index (χ0v) is 9.56. The molecule has 3 heteroatoms. The SMILES string of the molecule is CN1CCC(N(C)c2ccncc2)CC1. The minimum absolute atomic E-state index is 0.684. The summed E-state index contributed by atoms with van der Waals surface area (Å²) in [6.07, 6.45) is 6.24. The number of piperidine rings is 1. The lowest BCUT2D eigenvalue weighted by Gasteiger charge is -2.36. The Kier molecular flexibility index (Phi) is 3.21. The standard InChI is InChI=1S/C12H19N3/c1-14-9-5-12(6-10-14)15(2)11-3-7-13-8-4-11/h3-4,7-8,12H,5-6,9-10H2,1-2H3. The summed E-state index contributed by atoms with van der Waals surface area (Å²) in [5, 5.41) is 0. The Hall–Kier alpha value is -1.09. The molecule has 1 aromatic rings. The Labute approximate surface area is 91.7 Å². The lowest BCUT2D eigenvalue weighted by Crippen LogP contribution is -2.41. The van der Waals surface area contributed by atoms with Crippen LogP contribution in [0.5, 0.6) is 0 Å². The maximum Gasteiger partial charge on any atom is 0.0396 e. The van der Waals surface area contributed by atoms with Gasteiger partial charge < -0.3 is 9.80 Å². The lowest BCUT2D eigenvalue weighted by atomic mass is 10.0. The zero-order valence-electron chi connectivity index (χ0n) is 9.56. The maximum atomic E-state index is 4.05. The van der Waals surface area contributed by atoms with Crippen molar-refractivity contribution < 1.29 is 0 Å². The molecule has 0 amide bonds. The van der Waals surface area contributed by atoms with E-state index in [1.54, 1.807) is 0 Å².